The molecule has 0 spiro atoms. The van der Waals surface area contributed by atoms with Gasteiger partial charge in [-0.1, -0.05) is 5.16 Å². The maximum absolute atomic E-state index is 13.7. The predicted molar refractivity (Wildman–Crippen MR) is 57.7 cm³/mol. The van der Waals surface area contributed by atoms with Crippen LogP contribution in [0, 0.1) is 22.9 Å². The van der Waals surface area contributed by atoms with Crippen LogP contribution in [0.25, 0.3) is 11.3 Å². The van der Waals surface area contributed by atoms with Crippen LogP contribution in [0.4, 0.5) is 16.0 Å². The summed E-state index contributed by atoms with van der Waals surface area (Å²) in [4.78, 5) is 9.79. The fourth-order valence-electron chi connectivity index (χ4n) is 1.41. The van der Waals surface area contributed by atoms with Gasteiger partial charge in [-0.2, -0.15) is 0 Å². The Morgan fingerprint density at radius 3 is 2.71 bits per heavy atom. The zero-order chi connectivity index (χ0) is 12.6. The van der Waals surface area contributed by atoms with Crippen molar-refractivity contribution in [2.24, 2.45) is 0 Å². The standard InChI is InChI=1S/C10H8FN3O3/c1-5-9(13-17-10(5)12)7-3-2-6(14(15)16)4-8(7)11/h2-4H,12H2,1H3. The number of halogens is 1. The number of hydrogen-bond donors (Lipinski definition) is 1. The first kappa shape index (κ1) is 11.1. The average molecular weight is 237 g/mol. The Bertz CT molecular complexity index is 594. The first-order valence-electron chi connectivity index (χ1n) is 4.66. The lowest BCUT2D eigenvalue weighted by atomic mass is 10.1. The average Bonchev–Trinajstić information content (AvgIpc) is 2.60. The summed E-state index contributed by atoms with van der Waals surface area (Å²) in [6, 6.07) is 3.31. The van der Waals surface area contributed by atoms with Crippen LogP contribution in [0.2, 0.25) is 0 Å². The topological polar surface area (TPSA) is 95.2 Å². The number of non-ortho nitro benzene ring substituents is 1. The van der Waals surface area contributed by atoms with Crippen LogP contribution < -0.4 is 5.73 Å². The van der Waals surface area contributed by atoms with Gasteiger partial charge in [0.25, 0.3) is 5.69 Å². The molecule has 7 heteroatoms. The van der Waals surface area contributed by atoms with Gasteiger partial charge in [-0.05, 0) is 13.0 Å². The number of hydrogen-bond acceptors (Lipinski definition) is 5. The molecule has 1 heterocycles. The number of nitrogens with two attached hydrogens (primary N) is 1. The second kappa shape index (κ2) is 3.85. The molecule has 0 fully saturated rings. The van der Waals surface area contributed by atoms with Crippen molar-refractivity contribution in [2.75, 3.05) is 5.73 Å². The van der Waals surface area contributed by atoms with E-state index in [4.69, 9.17) is 10.3 Å². The summed E-state index contributed by atoms with van der Waals surface area (Å²) in [5.74, 6) is -0.645. The van der Waals surface area contributed by atoms with Gasteiger partial charge < -0.3 is 10.3 Å². The van der Waals surface area contributed by atoms with E-state index in [0.29, 0.717) is 5.56 Å². The van der Waals surface area contributed by atoms with Crippen molar-refractivity contribution in [2.45, 2.75) is 6.92 Å². The zero-order valence-corrected chi connectivity index (χ0v) is 8.81. The van der Waals surface area contributed by atoms with E-state index in [1.165, 1.54) is 12.1 Å². The fourth-order valence-corrected chi connectivity index (χ4v) is 1.41. The number of benzene rings is 1. The molecule has 0 aliphatic heterocycles. The minimum absolute atomic E-state index is 0.0951. The van der Waals surface area contributed by atoms with E-state index in [2.05, 4.69) is 5.16 Å². The number of rotatable bonds is 2. The minimum Gasteiger partial charge on any atom is -0.367 e. The normalized spacial score (nSPS) is 10.5. The van der Waals surface area contributed by atoms with E-state index < -0.39 is 10.7 Å². The Labute approximate surface area is 95.0 Å². The Morgan fingerprint density at radius 2 is 2.24 bits per heavy atom. The van der Waals surface area contributed by atoms with E-state index in [1.807, 2.05) is 0 Å². The Kier molecular flexibility index (Phi) is 2.51. The van der Waals surface area contributed by atoms with E-state index in [-0.39, 0.29) is 22.8 Å². The highest BCUT2D eigenvalue weighted by Crippen LogP contribution is 2.29. The summed E-state index contributed by atoms with van der Waals surface area (Å²) >= 11 is 0. The summed E-state index contributed by atoms with van der Waals surface area (Å²) in [6.07, 6.45) is 0. The molecule has 6 nitrogen and oxygen atoms in total. The SMILES string of the molecule is Cc1c(-c2ccc([N+](=O)[O-])cc2F)noc1N. The van der Waals surface area contributed by atoms with Gasteiger partial charge in [0.2, 0.25) is 5.88 Å². The Hall–Kier alpha value is -2.44. The molecule has 0 atom stereocenters. The highest BCUT2D eigenvalue weighted by atomic mass is 19.1. The van der Waals surface area contributed by atoms with Gasteiger partial charge in [0.15, 0.2) is 0 Å². The summed E-state index contributed by atoms with van der Waals surface area (Å²) < 4.78 is 18.4. The third-order valence-electron chi connectivity index (χ3n) is 2.38. The third kappa shape index (κ3) is 1.82. The largest absolute Gasteiger partial charge is 0.367 e. The van der Waals surface area contributed by atoms with E-state index in [1.54, 1.807) is 6.92 Å². The molecule has 17 heavy (non-hydrogen) atoms. The number of nitro benzene ring substituents is 1. The maximum atomic E-state index is 13.7. The van der Waals surface area contributed by atoms with Gasteiger partial charge in [0, 0.05) is 17.2 Å². The molecule has 2 rings (SSSR count). The number of nitrogen functional groups attached to an aromatic ring is 1. The van der Waals surface area contributed by atoms with Crippen molar-refractivity contribution in [3.63, 3.8) is 0 Å². The van der Waals surface area contributed by atoms with Crippen LogP contribution in [0.1, 0.15) is 5.56 Å². The molecule has 0 saturated carbocycles. The van der Waals surface area contributed by atoms with Crippen LogP contribution in [-0.2, 0) is 0 Å². The second-order valence-electron chi connectivity index (χ2n) is 3.44. The molecular weight excluding hydrogens is 229 g/mol. The van der Waals surface area contributed by atoms with Gasteiger partial charge >= 0.3 is 0 Å². The maximum Gasteiger partial charge on any atom is 0.272 e. The highest BCUT2D eigenvalue weighted by Gasteiger charge is 2.17. The minimum atomic E-state index is -0.740. The molecule has 0 radical (unpaired) electrons. The second-order valence-corrected chi connectivity index (χ2v) is 3.44. The smallest absolute Gasteiger partial charge is 0.272 e. The van der Waals surface area contributed by atoms with Crippen molar-refractivity contribution in [3.8, 4) is 11.3 Å². The number of nitrogens with zero attached hydrogens (tertiary/aromatic N) is 2. The lowest BCUT2D eigenvalue weighted by Gasteiger charge is -1.99. The molecule has 1 aromatic carbocycles. The lowest BCUT2D eigenvalue weighted by molar-refractivity contribution is -0.385. The van der Waals surface area contributed by atoms with Crippen LogP contribution in [0.15, 0.2) is 22.7 Å². The van der Waals surface area contributed by atoms with Gasteiger partial charge in [-0.3, -0.25) is 10.1 Å². The monoisotopic (exact) mass is 237 g/mol. The molecule has 2 aromatic rings. The van der Waals surface area contributed by atoms with Gasteiger partial charge in [0.05, 0.1) is 11.0 Å². The van der Waals surface area contributed by atoms with Crippen molar-refractivity contribution >= 4 is 11.6 Å². The number of anilines is 1. The van der Waals surface area contributed by atoms with Crippen LogP contribution >= 0.6 is 0 Å². The Balaban J connectivity index is 2.54. The molecule has 0 amide bonds. The molecule has 0 saturated heterocycles. The quantitative estimate of drug-likeness (QED) is 0.638. The van der Waals surface area contributed by atoms with Gasteiger partial charge in [-0.25, -0.2) is 4.39 Å². The fraction of sp³-hybridized carbons (Fsp3) is 0.100. The summed E-state index contributed by atoms with van der Waals surface area (Å²) in [7, 11) is 0. The molecule has 0 unspecified atom stereocenters. The number of aromatic nitrogens is 1. The molecule has 0 aliphatic rings. The predicted octanol–water partition coefficient (Wildman–Crippen LogP) is 2.28. The van der Waals surface area contributed by atoms with Crippen molar-refractivity contribution in [1.82, 2.24) is 5.16 Å². The summed E-state index contributed by atoms with van der Waals surface area (Å²) in [5.41, 5.74) is 5.99. The number of nitro groups is 1. The highest BCUT2D eigenvalue weighted by molar-refractivity contribution is 5.68. The van der Waals surface area contributed by atoms with E-state index in [9.17, 15) is 14.5 Å². The van der Waals surface area contributed by atoms with Gasteiger partial charge in [0.1, 0.15) is 11.5 Å². The van der Waals surface area contributed by atoms with E-state index >= 15 is 0 Å². The molecule has 88 valence electrons. The van der Waals surface area contributed by atoms with Crippen LogP contribution in [0.3, 0.4) is 0 Å². The van der Waals surface area contributed by atoms with E-state index in [0.717, 1.165) is 6.07 Å². The van der Waals surface area contributed by atoms with Crippen molar-refractivity contribution in [1.29, 1.82) is 0 Å². The summed E-state index contributed by atoms with van der Waals surface area (Å²) in [6.45, 7) is 1.63. The third-order valence-corrected chi connectivity index (χ3v) is 2.38. The first-order valence-corrected chi connectivity index (χ1v) is 4.66. The molecular formula is C10H8FN3O3. The summed E-state index contributed by atoms with van der Waals surface area (Å²) in [5, 5.41) is 14.1. The van der Waals surface area contributed by atoms with Crippen molar-refractivity contribution < 1.29 is 13.8 Å². The van der Waals surface area contributed by atoms with Gasteiger partial charge in [-0.15, -0.1) is 0 Å². The van der Waals surface area contributed by atoms with Crippen LogP contribution in [-0.4, -0.2) is 10.1 Å². The molecule has 2 N–H and O–H groups in total. The van der Waals surface area contributed by atoms with Crippen molar-refractivity contribution in [3.05, 3.63) is 39.7 Å². The molecule has 0 aliphatic carbocycles. The molecule has 0 bridgehead atoms. The zero-order valence-electron chi connectivity index (χ0n) is 8.81. The first-order chi connectivity index (χ1) is 8.00. The molecule has 1 aromatic heterocycles. The van der Waals surface area contributed by atoms with Crippen LogP contribution in [0.5, 0.6) is 0 Å². The Morgan fingerprint density at radius 1 is 1.53 bits per heavy atom. The lowest BCUT2D eigenvalue weighted by Crippen LogP contribution is -1.92.